The molecule has 6 nitrogen and oxygen atoms in total. The molecule has 1 aromatic heterocycles. The van der Waals surface area contributed by atoms with Crippen molar-refractivity contribution in [3.8, 4) is 0 Å². The van der Waals surface area contributed by atoms with E-state index in [9.17, 15) is 15.0 Å². The van der Waals surface area contributed by atoms with E-state index in [1.165, 1.54) is 10.9 Å². The maximum absolute atomic E-state index is 11.8. The van der Waals surface area contributed by atoms with Crippen molar-refractivity contribution in [1.29, 1.82) is 0 Å². The maximum atomic E-state index is 11.8. The minimum absolute atomic E-state index is 0.00609. The summed E-state index contributed by atoms with van der Waals surface area (Å²) in [5, 5.41) is 25.2. The maximum Gasteiger partial charge on any atom is 0.287 e. The number of aryl methyl sites for hydroxylation is 1. The Morgan fingerprint density at radius 2 is 2.11 bits per heavy atom. The molecule has 0 aliphatic heterocycles. The molecule has 0 atom stereocenters. The van der Waals surface area contributed by atoms with Crippen molar-refractivity contribution in [2.24, 2.45) is 0 Å². The summed E-state index contributed by atoms with van der Waals surface area (Å²) in [4.78, 5) is 11.8. The number of hydrogen-bond donors (Lipinski definition) is 3. The third kappa shape index (κ3) is 3.22. The lowest BCUT2D eigenvalue weighted by molar-refractivity contribution is 0.147. The fraction of sp³-hybridized carbons (Fsp3) is 0.636. The molecule has 0 aliphatic rings. The van der Waals surface area contributed by atoms with Crippen molar-refractivity contribution in [1.82, 2.24) is 9.78 Å². The van der Waals surface area contributed by atoms with Gasteiger partial charge in [0.25, 0.3) is 5.56 Å². The number of rotatable bonds is 6. The SMILES string of the molecule is CCCn1ncc(NC(C)(CO)CO)c(Cl)c1=O. The molecule has 0 spiro atoms. The van der Waals surface area contributed by atoms with Gasteiger partial charge >= 0.3 is 0 Å². The second-order valence-electron chi connectivity index (χ2n) is 4.40. The Kier molecular flexibility index (Phi) is 5.13. The van der Waals surface area contributed by atoms with Crippen LogP contribution in [0.1, 0.15) is 20.3 Å². The number of nitrogens with zero attached hydrogens (tertiary/aromatic N) is 2. The summed E-state index contributed by atoms with van der Waals surface area (Å²) in [6, 6.07) is 0. The van der Waals surface area contributed by atoms with Gasteiger partial charge in [0.2, 0.25) is 0 Å². The highest BCUT2D eigenvalue weighted by atomic mass is 35.5. The smallest absolute Gasteiger partial charge is 0.287 e. The van der Waals surface area contributed by atoms with E-state index in [0.717, 1.165) is 6.42 Å². The predicted octanol–water partition coefficient (Wildman–Crippen LogP) is 0.462. The molecule has 0 aliphatic carbocycles. The summed E-state index contributed by atoms with van der Waals surface area (Å²) in [5.41, 5.74) is -1.03. The third-order valence-electron chi connectivity index (χ3n) is 2.55. The highest BCUT2D eigenvalue weighted by Gasteiger charge is 2.24. The quantitative estimate of drug-likeness (QED) is 0.702. The van der Waals surface area contributed by atoms with Crippen LogP contribution in [0.25, 0.3) is 0 Å². The highest BCUT2D eigenvalue weighted by Crippen LogP contribution is 2.20. The summed E-state index contributed by atoms with van der Waals surface area (Å²) in [6.45, 7) is 3.45. The van der Waals surface area contributed by atoms with Gasteiger partial charge in [0, 0.05) is 6.54 Å². The zero-order valence-electron chi connectivity index (χ0n) is 10.5. The van der Waals surface area contributed by atoms with Crippen LogP contribution in [0.5, 0.6) is 0 Å². The van der Waals surface area contributed by atoms with Crippen molar-refractivity contribution < 1.29 is 10.2 Å². The second-order valence-corrected chi connectivity index (χ2v) is 4.78. The van der Waals surface area contributed by atoms with Crippen LogP contribution in [0.4, 0.5) is 5.69 Å². The molecule has 0 amide bonds. The number of hydrogen-bond acceptors (Lipinski definition) is 5. The Morgan fingerprint density at radius 3 is 2.61 bits per heavy atom. The molecule has 1 rings (SSSR count). The van der Waals surface area contributed by atoms with Crippen molar-refractivity contribution in [2.75, 3.05) is 18.5 Å². The van der Waals surface area contributed by atoms with Crippen LogP contribution >= 0.6 is 11.6 Å². The van der Waals surface area contributed by atoms with Crippen LogP contribution in [0.2, 0.25) is 5.02 Å². The van der Waals surface area contributed by atoms with E-state index < -0.39 is 5.54 Å². The van der Waals surface area contributed by atoms with Crippen molar-refractivity contribution >= 4 is 17.3 Å². The lowest BCUT2D eigenvalue weighted by Crippen LogP contribution is -2.43. The molecule has 102 valence electrons. The number of aliphatic hydroxyl groups is 2. The van der Waals surface area contributed by atoms with Crippen LogP contribution in [0.3, 0.4) is 0 Å². The highest BCUT2D eigenvalue weighted by molar-refractivity contribution is 6.32. The molecule has 0 bridgehead atoms. The summed E-state index contributed by atoms with van der Waals surface area (Å²) in [6.07, 6.45) is 2.20. The fourth-order valence-corrected chi connectivity index (χ4v) is 1.57. The van der Waals surface area contributed by atoms with Gasteiger partial charge in [-0.1, -0.05) is 18.5 Å². The Balaban J connectivity index is 3.06. The van der Waals surface area contributed by atoms with Gasteiger partial charge in [-0.05, 0) is 13.3 Å². The molecule has 7 heteroatoms. The standard InChI is InChI=1S/C11H18ClN3O3/c1-3-4-15-10(18)9(12)8(5-13-15)14-11(2,6-16)7-17/h5,14,16-17H,3-4,6-7H2,1-2H3. The second kappa shape index (κ2) is 6.17. The molecule has 0 aromatic carbocycles. The zero-order valence-corrected chi connectivity index (χ0v) is 11.2. The monoisotopic (exact) mass is 275 g/mol. The van der Waals surface area contributed by atoms with Crippen LogP contribution in [0.15, 0.2) is 11.0 Å². The Bertz CT molecular complexity index is 457. The van der Waals surface area contributed by atoms with Gasteiger partial charge in [0.1, 0.15) is 5.02 Å². The molecule has 1 heterocycles. The van der Waals surface area contributed by atoms with Gasteiger partial charge < -0.3 is 15.5 Å². The molecule has 0 unspecified atom stereocenters. The van der Waals surface area contributed by atoms with Crippen molar-refractivity contribution in [2.45, 2.75) is 32.4 Å². The van der Waals surface area contributed by atoms with Gasteiger partial charge in [-0.2, -0.15) is 5.10 Å². The first-order chi connectivity index (χ1) is 8.47. The van der Waals surface area contributed by atoms with Crippen LogP contribution in [0, 0.1) is 0 Å². The molecule has 0 saturated carbocycles. The minimum Gasteiger partial charge on any atom is -0.394 e. The molecule has 0 saturated heterocycles. The molecular weight excluding hydrogens is 258 g/mol. The summed E-state index contributed by atoms with van der Waals surface area (Å²) >= 11 is 5.96. The lowest BCUT2D eigenvalue weighted by atomic mass is 10.1. The first-order valence-electron chi connectivity index (χ1n) is 5.73. The molecule has 0 fully saturated rings. The van der Waals surface area contributed by atoms with Crippen LogP contribution in [-0.4, -0.2) is 38.7 Å². The van der Waals surface area contributed by atoms with E-state index in [1.807, 2.05) is 6.92 Å². The molecule has 3 N–H and O–H groups in total. The fourth-order valence-electron chi connectivity index (χ4n) is 1.38. The number of aromatic nitrogens is 2. The summed E-state index contributed by atoms with van der Waals surface area (Å²) < 4.78 is 1.28. The first-order valence-corrected chi connectivity index (χ1v) is 6.10. The van der Waals surface area contributed by atoms with E-state index in [2.05, 4.69) is 10.4 Å². The van der Waals surface area contributed by atoms with E-state index in [1.54, 1.807) is 6.92 Å². The number of nitrogens with one attached hydrogen (secondary N) is 1. The first kappa shape index (κ1) is 14.9. The van der Waals surface area contributed by atoms with E-state index >= 15 is 0 Å². The third-order valence-corrected chi connectivity index (χ3v) is 2.92. The Hall–Kier alpha value is -1.11. The van der Waals surface area contributed by atoms with E-state index in [4.69, 9.17) is 11.6 Å². The average molecular weight is 276 g/mol. The Labute approximate surface area is 110 Å². The van der Waals surface area contributed by atoms with E-state index in [0.29, 0.717) is 12.2 Å². The molecule has 18 heavy (non-hydrogen) atoms. The topological polar surface area (TPSA) is 87.4 Å². The van der Waals surface area contributed by atoms with Gasteiger partial charge in [0.05, 0.1) is 30.6 Å². The minimum atomic E-state index is -0.950. The Morgan fingerprint density at radius 1 is 1.50 bits per heavy atom. The number of anilines is 1. The summed E-state index contributed by atoms with van der Waals surface area (Å²) in [7, 11) is 0. The van der Waals surface area contributed by atoms with Gasteiger partial charge in [-0.15, -0.1) is 0 Å². The van der Waals surface area contributed by atoms with Crippen molar-refractivity contribution in [3.05, 3.63) is 21.6 Å². The van der Waals surface area contributed by atoms with Crippen molar-refractivity contribution in [3.63, 3.8) is 0 Å². The average Bonchev–Trinajstić information content (AvgIpc) is 2.38. The normalized spacial score (nSPS) is 11.6. The van der Waals surface area contributed by atoms with Gasteiger partial charge in [-0.3, -0.25) is 4.79 Å². The molecular formula is C11H18ClN3O3. The number of halogens is 1. The van der Waals surface area contributed by atoms with E-state index in [-0.39, 0.29) is 23.8 Å². The zero-order chi connectivity index (χ0) is 13.8. The van der Waals surface area contributed by atoms with Gasteiger partial charge in [-0.25, -0.2) is 4.68 Å². The lowest BCUT2D eigenvalue weighted by Gasteiger charge is -2.27. The van der Waals surface area contributed by atoms with Gasteiger partial charge in [0.15, 0.2) is 0 Å². The van der Waals surface area contributed by atoms with Crippen LogP contribution in [-0.2, 0) is 6.54 Å². The summed E-state index contributed by atoms with van der Waals surface area (Å²) in [5.74, 6) is 0. The van der Waals surface area contributed by atoms with Crippen LogP contribution < -0.4 is 10.9 Å². The largest absolute Gasteiger partial charge is 0.394 e. The molecule has 0 radical (unpaired) electrons. The number of aliphatic hydroxyl groups excluding tert-OH is 2. The molecule has 1 aromatic rings. The predicted molar refractivity (Wildman–Crippen MR) is 70.0 cm³/mol.